The third-order valence-electron chi connectivity index (χ3n) is 6.21. The molecule has 1 unspecified atom stereocenters. The first-order chi connectivity index (χ1) is 15.5. The van der Waals surface area contributed by atoms with Gasteiger partial charge in [-0.1, -0.05) is 65.7 Å². The van der Waals surface area contributed by atoms with Crippen molar-refractivity contribution >= 4 is 45.4 Å². The van der Waals surface area contributed by atoms with Gasteiger partial charge in [0.15, 0.2) is 17.0 Å². The third kappa shape index (κ3) is 4.79. The van der Waals surface area contributed by atoms with E-state index in [4.69, 9.17) is 9.47 Å². The number of methoxy groups -OCH3 is 2. The Balaban J connectivity index is 1.68. The summed E-state index contributed by atoms with van der Waals surface area (Å²) in [5, 5.41) is 3.58. The highest BCUT2D eigenvalue weighted by Crippen LogP contribution is 2.43. The van der Waals surface area contributed by atoms with Crippen molar-refractivity contribution in [3.63, 3.8) is 0 Å². The highest BCUT2D eigenvalue weighted by molar-refractivity contribution is 9.10. The van der Waals surface area contributed by atoms with Gasteiger partial charge in [0.2, 0.25) is 0 Å². The predicted molar refractivity (Wildman–Crippen MR) is 135 cm³/mol. The standard InChI is InChI=1S/C25H29BrN2O3S/c1-16-9-7-8-12-20(16)28-24(29)23(32-25(28)27-18-10-5-4-6-11-18)14-17-13-21(30-2)22(31-3)15-19(17)26/h4-6,10-11,13-16,20,25,27H,7-9,12H2,1-3H3/b23-14-/t16-,20+,25?/m1/s1. The highest BCUT2D eigenvalue weighted by Gasteiger charge is 2.43. The molecule has 0 spiro atoms. The normalized spacial score (nSPS) is 24.6. The molecule has 2 aliphatic rings. The fourth-order valence-electron chi connectivity index (χ4n) is 4.49. The number of rotatable bonds is 6. The Labute approximate surface area is 202 Å². The number of halogens is 1. The van der Waals surface area contributed by atoms with Crippen LogP contribution in [0, 0.1) is 5.92 Å². The van der Waals surface area contributed by atoms with Crippen molar-refractivity contribution < 1.29 is 14.3 Å². The molecule has 2 fully saturated rings. The van der Waals surface area contributed by atoms with E-state index < -0.39 is 0 Å². The molecule has 1 heterocycles. The number of carbonyl (C=O) groups is 1. The van der Waals surface area contributed by atoms with Crippen LogP contribution in [0.25, 0.3) is 6.08 Å². The molecule has 1 saturated heterocycles. The zero-order valence-corrected chi connectivity index (χ0v) is 21.0. The van der Waals surface area contributed by atoms with Crippen LogP contribution in [-0.2, 0) is 4.79 Å². The topological polar surface area (TPSA) is 50.8 Å². The molecule has 1 amide bonds. The second-order valence-electron chi connectivity index (χ2n) is 8.26. The number of ether oxygens (including phenoxy) is 2. The molecule has 1 aliphatic carbocycles. The summed E-state index contributed by atoms with van der Waals surface area (Å²) in [5.41, 5.74) is 1.76. The number of benzene rings is 2. The SMILES string of the molecule is COc1cc(Br)c(/C=C2\SC(Nc3ccccc3)N([C@H]3CCCC[C@H]3C)C2=O)cc1OC. The molecule has 1 N–H and O–H groups in total. The smallest absolute Gasteiger partial charge is 0.262 e. The molecule has 1 aliphatic heterocycles. The summed E-state index contributed by atoms with van der Waals surface area (Å²) in [7, 11) is 3.23. The second kappa shape index (κ2) is 10.2. The molecule has 2 aromatic rings. The lowest BCUT2D eigenvalue weighted by Gasteiger charge is -2.39. The summed E-state index contributed by atoms with van der Waals surface area (Å²) in [5.74, 6) is 1.85. The van der Waals surface area contributed by atoms with Gasteiger partial charge in [-0.2, -0.15) is 0 Å². The third-order valence-corrected chi connectivity index (χ3v) is 8.01. The quantitative estimate of drug-likeness (QED) is 0.452. The molecule has 2 aromatic carbocycles. The van der Waals surface area contributed by atoms with Crippen molar-refractivity contribution in [3.05, 3.63) is 57.4 Å². The minimum absolute atomic E-state index is 0.0869. The van der Waals surface area contributed by atoms with Gasteiger partial charge >= 0.3 is 0 Å². The monoisotopic (exact) mass is 516 g/mol. The van der Waals surface area contributed by atoms with E-state index in [0.29, 0.717) is 17.4 Å². The van der Waals surface area contributed by atoms with Crippen molar-refractivity contribution in [2.24, 2.45) is 5.92 Å². The molecule has 0 radical (unpaired) electrons. The van der Waals surface area contributed by atoms with Crippen molar-refractivity contribution in [2.45, 2.75) is 44.1 Å². The minimum atomic E-state index is -0.138. The van der Waals surface area contributed by atoms with E-state index in [2.05, 4.69) is 33.1 Å². The maximum Gasteiger partial charge on any atom is 0.262 e. The van der Waals surface area contributed by atoms with Crippen LogP contribution in [0.2, 0.25) is 0 Å². The van der Waals surface area contributed by atoms with Crippen LogP contribution in [0.5, 0.6) is 11.5 Å². The number of para-hydroxylation sites is 1. The molecule has 0 bridgehead atoms. The zero-order chi connectivity index (χ0) is 22.7. The lowest BCUT2D eigenvalue weighted by molar-refractivity contribution is -0.129. The molecular formula is C25H29BrN2O3S. The van der Waals surface area contributed by atoms with E-state index in [-0.39, 0.29) is 17.4 Å². The number of nitrogens with zero attached hydrogens (tertiary/aromatic N) is 1. The van der Waals surface area contributed by atoms with Gasteiger partial charge in [-0.3, -0.25) is 4.79 Å². The zero-order valence-electron chi connectivity index (χ0n) is 18.6. The van der Waals surface area contributed by atoms with E-state index >= 15 is 0 Å². The lowest BCUT2D eigenvalue weighted by Crippen LogP contribution is -2.48. The van der Waals surface area contributed by atoms with Crippen molar-refractivity contribution in [3.8, 4) is 11.5 Å². The molecule has 4 rings (SSSR count). The van der Waals surface area contributed by atoms with Crippen LogP contribution in [-0.4, -0.2) is 36.6 Å². The van der Waals surface area contributed by atoms with Gasteiger partial charge in [0.05, 0.1) is 19.1 Å². The summed E-state index contributed by atoms with van der Waals surface area (Å²) in [4.78, 5) is 16.5. The van der Waals surface area contributed by atoms with Gasteiger partial charge in [0.1, 0.15) is 0 Å². The van der Waals surface area contributed by atoms with Gasteiger partial charge in [-0.25, -0.2) is 0 Å². The van der Waals surface area contributed by atoms with E-state index in [1.165, 1.54) is 12.8 Å². The molecule has 32 heavy (non-hydrogen) atoms. The average Bonchev–Trinajstić information content (AvgIpc) is 3.10. The van der Waals surface area contributed by atoms with Crippen LogP contribution in [0.4, 0.5) is 5.69 Å². The Morgan fingerprint density at radius 2 is 1.78 bits per heavy atom. The van der Waals surface area contributed by atoms with E-state index in [1.807, 2.05) is 48.5 Å². The number of hydrogen-bond donors (Lipinski definition) is 1. The number of thioether (sulfide) groups is 1. The fourth-order valence-corrected chi connectivity index (χ4v) is 6.13. The van der Waals surface area contributed by atoms with Crippen molar-refractivity contribution in [1.82, 2.24) is 4.90 Å². The number of anilines is 1. The Bertz CT molecular complexity index is 998. The van der Waals surface area contributed by atoms with Gasteiger partial charge in [-0.15, -0.1) is 0 Å². The number of amides is 1. The molecule has 7 heteroatoms. The van der Waals surface area contributed by atoms with E-state index in [1.54, 1.807) is 26.0 Å². The second-order valence-corrected chi connectivity index (χ2v) is 10.2. The molecule has 1 saturated carbocycles. The molecular weight excluding hydrogens is 488 g/mol. The highest BCUT2D eigenvalue weighted by atomic mass is 79.9. The van der Waals surface area contributed by atoms with Gasteiger partial charge in [0, 0.05) is 16.2 Å². The molecule has 3 atom stereocenters. The van der Waals surface area contributed by atoms with Crippen molar-refractivity contribution in [1.29, 1.82) is 0 Å². The van der Waals surface area contributed by atoms with Crippen LogP contribution in [0.1, 0.15) is 38.2 Å². The summed E-state index contributed by atoms with van der Waals surface area (Å²) >= 11 is 5.20. The van der Waals surface area contributed by atoms with Crippen LogP contribution in [0.3, 0.4) is 0 Å². The van der Waals surface area contributed by atoms with Crippen molar-refractivity contribution in [2.75, 3.05) is 19.5 Å². The summed E-state index contributed by atoms with van der Waals surface area (Å²) < 4.78 is 11.7. The van der Waals surface area contributed by atoms with Gasteiger partial charge in [-0.05, 0) is 54.7 Å². The Kier molecular flexibility index (Phi) is 7.36. The lowest BCUT2D eigenvalue weighted by atomic mass is 9.85. The molecule has 170 valence electrons. The Hall–Kier alpha value is -2.12. The predicted octanol–water partition coefficient (Wildman–Crippen LogP) is 6.36. The number of carbonyl (C=O) groups excluding carboxylic acids is 1. The summed E-state index contributed by atoms with van der Waals surface area (Å²) in [6.07, 6.45) is 6.57. The van der Waals surface area contributed by atoms with E-state index in [9.17, 15) is 4.79 Å². The fraction of sp³-hybridized carbons (Fsp3) is 0.400. The number of nitrogens with one attached hydrogen (secondary N) is 1. The summed E-state index contributed by atoms with van der Waals surface area (Å²) in [6, 6.07) is 14.1. The van der Waals surface area contributed by atoms with Crippen LogP contribution < -0.4 is 14.8 Å². The maximum absolute atomic E-state index is 13.7. The van der Waals surface area contributed by atoms with Crippen LogP contribution in [0.15, 0.2) is 51.8 Å². The van der Waals surface area contributed by atoms with Gasteiger partial charge < -0.3 is 19.7 Å². The van der Waals surface area contributed by atoms with Gasteiger partial charge in [0.25, 0.3) is 5.91 Å². The Morgan fingerprint density at radius 1 is 1.09 bits per heavy atom. The first kappa shape index (κ1) is 23.1. The Morgan fingerprint density at radius 3 is 2.47 bits per heavy atom. The minimum Gasteiger partial charge on any atom is -0.493 e. The van der Waals surface area contributed by atoms with Crippen LogP contribution >= 0.6 is 27.7 Å². The molecule has 5 nitrogen and oxygen atoms in total. The largest absolute Gasteiger partial charge is 0.493 e. The number of hydrogen-bond acceptors (Lipinski definition) is 5. The summed E-state index contributed by atoms with van der Waals surface area (Å²) in [6.45, 7) is 2.27. The average molecular weight is 517 g/mol. The molecule has 0 aromatic heterocycles. The van der Waals surface area contributed by atoms with E-state index in [0.717, 1.165) is 33.5 Å². The first-order valence-electron chi connectivity index (χ1n) is 11.0. The maximum atomic E-state index is 13.7. The first-order valence-corrected chi connectivity index (χ1v) is 12.6.